The average Bonchev–Trinajstić information content (AvgIpc) is 2.26. The van der Waals surface area contributed by atoms with Crippen molar-refractivity contribution in [2.75, 3.05) is 6.54 Å². The van der Waals surface area contributed by atoms with Gasteiger partial charge in [-0.1, -0.05) is 18.2 Å². The van der Waals surface area contributed by atoms with E-state index in [1.54, 1.807) is 0 Å². The second kappa shape index (κ2) is 6.90. The standard InChI is InChI=1S/C11H16BNO3/c1-10(14)15-12(8-5-9-13)16-11-6-3-2-4-7-11/h2-4,6-7H,5,8-9,13H2,1H3. The van der Waals surface area contributed by atoms with E-state index in [9.17, 15) is 4.79 Å². The zero-order chi connectivity index (χ0) is 11.8. The fourth-order valence-corrected chi connectivity index (χ4v) is 1.26. The molecule has 0 unspecified atom stereocenters. The quantitative estimate of drug-likeness (QED) is 0.738. The molecule has 0 aliphatic heterocycles. The van der Waals surface area contributed by atoms with Crippen LogP contribution in [0.3, 0.4) is 0 Å². The highest BCUT2D eigenvalue weighted by molar-refractivity contribution is 6.47. The first-order valence-corrected chi connectivity index (χ1v) is 5.31. The van der Waals surface area contributed by atoms with E-state index in [1.165, 1.54) is 6.92 Å². The Labute approximate surface area is 95.9 Å². The van der Waals surface area contributed by atoms with Gasteiger partial charge in [0.2, 0.25) is 0 Å². The van der Waals surface area contributed by atoms with Crippen LogP contribution in [0, 0.1) is 0 Å². The Balaban J connectivity index is 2.52. The van der Waals surface area contributed by atoms with E-state index in [0.29, 0.717) is 18.6 Å². The van der Waals surface area contributed by atoms with E-state index in [1.807, 2.05) is 30.3 Å². The number of carbonyl (C=O) groups is 1. The van der Waals surface area contributed by atoms with Gasteiger partial charge in [-0.05, 0) is 25.1 Å². The van der Waals surface area contributed by atoms with Gasteiger partial charge in [-0.3, -0.25) is 4.79 Å². The molecule has 0 saturated carbocycles. The Bertz CT molecular complexity index is 318. The van der Waals surface area contributed by atoms with Crippen LogP contribution in [0.25, 0.3) is 0 Å². The number of hydrogen-bond donors (Lipinski definition) is 1. The van der Waals surface area contributed by atoms with Crippen molar-refractivity contribution in [2.24, 2.45) is 5.73 Å². The van der Waals surface area contributed by atoms with Gasteiger partial charge in [0.05, 0.1) is 0 Å². The topological polar surface area (TPSA) is 61.5 Å². The number of carbonyl (C=O) groups excluding carboxylic acids is 1. The summed E-state index contributed by atoms with van der Waals surface area (Å²) in [6.45, 7) is 1.92. The molecular formula is C11H16BNO3. The summed E-state index contributed by atoms with van der Waals surface area (Å²) in [6, 6.07) is 9.26. The van der Waals surface area contributed by atoms with Gasteiger partial charge < -0.3 is 15.0 Å². The Kier molecular flexibility index (Phi) is 5.43. The molecule has 4 nitrogen and oxygen atoms in total. The zero-order valence-electron chi connectivity index (χ0n) is 9.39. The lowest BCUT2D eigenvalue weighted by atomic mass is 9.82. The fraction of sp³-hybridized carbons (Fsp3) is 0.364. The average molecular weight is 221 g/mol. The van der Waals surface area contributed by atoms with Crippen molar-refractivity contribution in [2.45, 2.75) is 19.7 Å². The SMILES string of the molecule is CC(=O)OB(CCCN)Oc1ccccc1. The minimum atomic E-state index is -0.552. The molecule has 86 valence electrons. The van der Waals surface area contributed by atoms with E-state index < -0.39 is 7.12 Å². The van der Waals surface area contributed by atoms with E-state index >= 15 is 0 Å². The molecule has 0 saturated heterocycles. The smallest absolute Gasteiger partial charge is 0.526 e. The molecule has 1 rings (SSSR count). The van der Waals surface area contributed by atoms with Crippen molar-refractivity contribution < 1.29 is 14.1 Å². The summed E-state index contributed by atoms with van der Waals surface area (Å²) in [5.74, 6) is 0.337. The Morgan fingerprint density at radius 3 is 2.62 bits per heavy atom. The van der Waals surface area contributed by atoms with Gasteiger partial charge in [0, 0.05) is 13.2 Å². The predicted molar refractivity (Wildman–Crippen MR) is 63.1 cm³/mol. The van der Waals surface area contributed by atoms with Crippen molar-refractivity contribution in [1.29, 1.82) is 0 Å². The number of para-hydroxylation sites is 1. The van der Waals surface area contributed by atoms with Crippen LogP contribution in [0.5, 0.6) is 5.75 Å². The largest absolute Gasteiger partial charge is 0.596 e. The van der Waals surface area contributed by atoms with E-state index in [2.05, 4.69) is 0 Å². The molecule has 0 atom stereocenters. The third kappa shape index (κ3) is 4.84. The lowest BCUT2D eigenvalue weighted by molar-refractivity contribution is -0.133. The third-order valence-corrected chi connectivity index (χ3v) is 1.95. The van der Waals surface area contributed by atoms with Crippen molar-refractivity contribution >= 4 is 13.1 Å². The van der Waals surface area contributed by atoms with Crippen LogP contribution in [0.1, 0.15) is 13.3 Å². The van der Waals surface area contributed by atoms with Crippen LogP contribution in [0.2, 0.25) is 6.32 Å². The maximum absolute atomic E-state index is 10.9. The van der Waals surface area contributed by atoms with Gasteiger partial charge in [-0.15, -0.1) is 0 Å². The highest BCUT2D eigenvalue weighted by Gasteiger charge is 2.23. The van der Waals surface area contributed by atoms with Crippen molar-refractivity contribution in [1.82, 2.24) is 0 Å². The lowest BCUT2D eigenvalue weighted by Gasteiger charge is -2.14. The van der Waals surface area contributed by atoms with Crippen molar-refractivity contribution in [3.05, 3.63) is 30.3 Å². The number of hydrogen-bond acceptors (Lipinski definition) is 4. The van der Waals surface area contributed by atoms with Crippen LogP contribution in [0.15, 0.2) is 30.3 Å². The number of benzene rings is 1. The molecule has 16 heavy (non-hydrogen) atoms. The Morgan fingerprint density at radius 1 is 1.38 bits per heavy atom. The summed E-state index contributed by atoms with van der Waals surface area (Å²) in [4.78, 5) is 10.9. The molecular weight excluding hydrogens is 205 g/mol. The van der Waals surface area contributed by atoms with E-state index in [-0.39, 0.29) is 5.97 Å². The van der Waals surface area contributed by atoms with Gasteiger partial charge in [-0.25, -0.2) is 0 Å². The molecule has 0 aliphatic rings. The van der Waals surface area contributed by atoms with Crippen LogP contribution in [-0.2, 0) is 9.45 Å². The Hall–Kier alpha value is -1.49. The molecule has 0 amide bonds. The molecule has 0 fully saturated rings. The summed E-state index contributed by atoms with van der Waals surface area (Å²) < 4.78 is 10.6. The maximum Gasteiger partial charge on any atom is 0.596 e. The summed E-state index contributed by atoms with van der Waals surface area (Å²) in [5, 5.41) is 0. The summed E-state index contributed by atoms with van der Waals surface area (Å²) in [7, 11) is -0.552. The number of nitrogens with two attached hydrogens (primary N) is 1. The highest BCUT2D eigenvalue weighted by Crippen LogP contribution is 2.12. The predicted octanol–water partition coefficient (Wildman–Crippen LogP) is 1.47. The van der Waals surface area contributed by atoms with Gasteiger partial charge in [0.1, 0.15) is 5.75 Å². The van der Waals surface area contributed by atoms with Crippen LogP contribution < -0.4 is 10.4 Å². The number of rotatable bonds is 6. The monoisotopic (exact) mass is 221 g/mol. The molecule has 1 aromatic rings. The second-order valence-corrected chi connectivity index (χ2v) is 3.40. The van der Waals surface area contributed by atoms with Gasteiger partial charge >= 0.3 is 7.12 Å². The first-order valence-electron chi connectivity index (χ1n) is 5.31. The summed E-state index contributed by atoms with van der Waals surface area (Å²) in [6.07, 6.45) is 1.36. The lowest BCUT2D eigenvalue weighted by Crippen LogP contribution is -2.29. The molecule has 0 aromatic heterocycles. The molecule has 1 aromatic carbocycles. The molecule has 0 bridgehead atoms. The fourth-order valence-electron chi connectivity index (χ4n) is 1.26. The summed E-state index contributed by atoms with van der Waals surface area (Å²) in [5.41, 5.74) is 5.40. The van der Waals surface area contributed by atoms with Gasteiger partial charge in [0.15, 0.2) is 0 Å². The molecule has 0 aliphatic carbocycles. The molecule has 0 radical (unpaired) electrons. The third-order valence-electron chi connectivity index (χ3n) is 1.95. The second-order valence-electron chi connectivity index (χ2n) is 3.40. The normalized spacial score (nSPS) is 9.62. The highest BCUT2D eigenvalue weighted by atomic mass is 16.6. The maximum atomic E-state index is 10.9. The minimum absolute atomic E-state index is 0.349. The minimum Gasteiger partial charge on any atom is -0.526 e. The molecule has 0 spiro atoms. The van der Waals surface area contributed by atoms with Crippen LogP contribution in [-0.4, -0.2) is 19.6 Å². The molecule has 2 N–H and O–H groups in total. The van der Waals surface area contributed by atoms with Crippen molar-refractivity contribution in [3.63, 3.8) is 0 Å². The van der Waals surface area contributed by atoms with Gasteiger partial charge in [-0.2, -0.15) is 0 Å². The van der Waals surface area contributed by atoms with E-state index in [4.69, 9.17) is 15.0 Å². The summed E-state index contributed by atoms with van der Waals surface area (Å²) >= 11 is 0. The van der Waals surface area contributed by atoms with Crippen LogP contribution in [0.4, 0.5) is 0 Å². The van der Waals surface area contributed by atoms with E-state index in [0.717, 1.165) is 6.42 Å². The molecule has 0 heterocycles. The molecule has 5 heteroatoms. The van der Waals surface area contributed by atoms with Crippen molar-refractivity contribution in [3.8, 4) is 5.75 Å². The zero-order valence-corrected chi connectivity index (χ0v) is 9.39. The van der Waals surface area contributed by atoms with Crippen LogP contribution >= 0.6 is 0 Å². The Morgan fingerprint density at radius 2 is 2.06 bits per heavy atom. The first-order chi connectivity index (χ1) is 7.72. The van der Waals surface area contributed by atoms with Gasteiger partial charge in [0.25, 0.3) is 5.97 Å². The first kappa shape index (κ1) is 12.6.